The maximum Gasteiger partial charge on any atom is 0.224 e. The molecule has 3 N–H and O–H groups in total. The third kappa shape index (κ3) is 4.10. The van der Waals surface area contributed by atoms with E-state index in [-0.39, 0.29) is 24.7 Å². The van der Waals surface area contributed by atoms with Gasteiger partial charge in [-0.15, -0.1) is 0 Å². The average Bonchev–Trinajstić information content (AvgIpc) is 2.46. The van der Waals surface area contributed by atoms with Crippen LogP contribution in [0.15, 0.2) is 48.5 Å². The minimum absolute atomic E-state index is 0.0180. The monoisotopic (exact) mass is 271 g/mol. The number of phenolic OH excluding ortho intramolecular Hbond substituents is 1. The Morgan fingerprint density at radius 1 is 1.00 bits per heavy atom. The van der Waals surface area contributed by atoms with Crippen LogP contribution in [-0.4, -0.2) is 16.1 Å². The Labute approximate surface area is 117 Å². The first kappa shape index (κ1) is 14.1. The smallest absolute Gasteiger partial charge is 0.224 e. The van der Waals surface area contributed by atoms with Gasteiger partial charge >= 0.3 is 0 Å². The quantitative estimate of drug-likeness (QED) is 0.776. The molecule has 0 saturated carbocycles. The number of phenols is 1. The molecule has 0 aromatic heterocycles. The molecular weight excluding hydrogens is 254 g/mol. The van der Waals surface area contributed by atoms with E-state index in [1.54, 1.807) is 24.3 Å². The Morgan fingerprint density at radius 3 is 2.35 bits per heavy atom. The maximum atomic E-state index is 11.8. The van der Waals surface area contributed by atoms with E-state index in [0.29, 0.717) is 6.54 Å². The predicted octanol–water partition coefficient (Wildman–Crippen LogP) is 1.74. The first-order valence-corrected chi connectivity index (χ1v) is 6.40. The first-order valence-electron chi connectivity index (χ1n) is 6.40. The molecule has 0 saturated heterocycles. The Bertz CT molecular complexity index is 579. The topological polar surface area (TPSA) is 69.6 Å². The molecule has 0 unspecified atom stereocenters. The van der Waals surface area contributed by atoms with Crippen LogP contribution in [0.5, 0.6) is 5.75 Å². The number of rotatable bonds is 5. The van der Waals surface area contributed by atoms with Gasteiger partial charge in [-0.25, -0.2) is 0 Å². The van der Waals surface area contributed by atoms with Crippen LogP contribution >= 0.6 is 0 Å². The van der Waals surface area contributed by atoms with Gasteiger partial charge in [-0.1, -0.05) is 36.4 Å². The molecule has 0 atom stereocenters. The van der Waals surface area contributed by atoms with Gasteiger partial charge in [0.15, 0.2) is 0 Å². The van der Waals surface area contributed by atoms with Gasteiger partial charge in [0.2, 0.25) is 5.91 Å². The molecule has 0 aliphatic rings. The SMILES string of the molecule is O=C(Cc1cccc(O)c1)NCc1ccc(CO)cc1. The van der Waals surface area contributed by atoms with Crippen molar-refractivity contribution >= 4 is 5.91 Å². The Balaban J connectivity index is 1.85. The van der Waals surface area contributed by atoms with E-state index in [1.807, 2.05) is 24.3 Å². The molecule has 2 aromatic rings. The molecule has 1 amide bonds. The van der Waals surface area contributed by atoms with Crippen LogP contribution in [0.3, 0.4) is 0 Å². The van der Waals surface area contributed by atoms with Crippen LogP contribution in [0.4, 0.5) is 0 Å². The number of aromatic hydroxyl groups is 1. The molecule has 4 heteroatoms. The average molecular weight is 271 g/mol. The van der Waals surface area contributed by atoms with Crippen LogP contribution in [0.2, 0.25) is 0 Å². The van der Waals surface area contributed by atoms with E-state index in [1.165, 1.54) is 0 Å². The summed E-state index contributed by atoms with van der Waals surface area (Å²) < 4.78 is 0. The van der Waals surface area contributed by atoms with Crippen LogP contribution < -0.4 is 5.32 Å². The number of nitrogens with one attached hydrogen (secondary N) is 1. The van der Waals surface area contributed by atoms with Gasteiger partial charge in [0.05, 0.1) is 13.0 Å². The van der Waals surface area contributed by atoms with Gasteiger partial charge in [-0.3, -0.25) is 4.79 Å². The van der Waals surface area contributed by atoms with Crippen molar-refractivity contribution in [2.75, 3.05) is 0 Å². The summed E-state index contributed by atoms with van der Waals surface area (Å²) in [7, 11) is 0. The fourth-order valence-electron chi connectivity index (χ4n) is 1.88. The summed E-state index contributed by atoms with van der Waals surface area (Å²) in [5, 5.41) is 21.1. The van der Waals surface area contributed by atoms with E-state index < -0.39 is 0 Å². The number of aliphatic hydroxyl groups excluding tert-OH is 1. The van der Waals surface area contributed by atoms with Crippen LogP contribution in [0.25, 0.3) is 0 Å². The minimum atomic E-state index is -0.0955. The summed E-state index contributed by atoms with van der Waals surface area (Å²) in [6.07, 6.45) is 0.239. The number of amides is 1. The second kappa shape index (κ2) is 6.73. The minimum Gasteiger partial charge on any atom is -0.508 e. The summed E-state index contributed by atoms with van der Waals surface area (Å²) in [6, 6.07) is 14.1. The van der Waals surface area contributed by atoms with E-state index in [4.69, 9.17) is 5.11 Å². The third-order valence-corrected chi connectivity index (χ3v) is 2.97. The highest BCUT2D eigenvalue weighted by Crippen LogP contribution is 2.11. The van der Waals surface area contributed by atoms with Crippen molar-refractivity contribution in [3.8, 4) is 5.75 Å². The Morgan fingerprint density at radius 2 is 1.70 bits per heavy atom. The molecule has 2 aromatic carbocycles. The zero-order valence-electron chi connectivity index (χ0n) is 11.0. The summed E-state index contributed by atoms with van der Waals surface area (Å²) in [5.74, 6) is 0.0664. The molecule has 0 spiro atoms. The lowest BCUT2D eigenvalue weighted by molar-refractivity contribution is -0.120. The highest BCUT2D eigenvalue weighted by molar-refractivity contribution is 5.78. The fourth-order valence-corrected chi connectivity index (χ4v) is 1.88. The molecule has 0 radical (unpaired) electrons. The van der Waals surface area contributed by atoms with Crippen LogP contribution in [0.1, 0.15) is 16.7 Å². The Hall–Kier alpha value is -2.33. The highest BCUT2D eigenvalue weighted by atomic mass is 16.3. The zero-order chi connectivity index (χ0) is 14.4. The van der Waals surface area contributed by atoms with Gasteiger partial charge in [0, 0.05) is 6.54 Å². The lowest BCUT2D eigenvalue weighted by Gasteiger charge is -2.06. The fraction of sp³-hybridized carbons (Fsp3) is 0.188. The standard InChI is InChI=1S/C16H17NO3/c18-11-13-6-4-12(5-7-13)10-17-16(20)9-14-2-1-3-15(19)8-14/h1-8,18-19H,9-11H2,(H,17,20). The number of carbonyl (C=O) groups excluding carboxylic acids is 1. The van der Waals surface area contributed by atoms with Crippen LogP contribution in [-0.2, 0) is 24.4 Å². The molecule has 4 nitrogen and oxygen atoms in total. The van der Waals surface area contributed by atoms with Crippen molar-refractivity contribution in [2.45, 2.75) is 19.6 Å². The zero-order valence-corrected chi connectivity index (χ0v) is 11.0. The number of hydrogen-bond donors (Lipinski definition) is 3. The lowest BCUT2D eigenvalue weighted by Crippen LogP contribution is -2.24. The van der Waals surface area contributed by atoms with Crippen molar-refractivity contribution in [3.05, 3.63) is 65.2 Å². The summed E-state index contributed by atoms with van der Waals surface area (Å²) in [4.78, 5) is 11.8. The summed E-state index contributed by atoms with van der Waals surface area (Å²) in [6.45, 7) is 0.466. The number of carbonyl (C=O) groups is 1. The Kier molecular flexibility index (Phi) is 4.74. The molecule has 20 heavy (non-hydrogen) atoms. The first-order chi connectivity index (χ1) is 9.67. The van der Waals surface area contributed by atoms with Gasteiger partial charge in [-0.2, -0.15) is 0 Å². The largest absolute Gasteiger partial charge is 0.508 e. The third-order valence-electron chi connectivity index (χ3n) is 2.97. The van der Waals surface area contributed by atoms with Gasteiger partial charge in [-0.05, 0) is 28.8 Å². The molecule has 0 aliphatic carbocycles. The van der Waals surface area contributed by atoms with Crippen molar-refractivity contribution < 1.29 is 15.0 Å². The number of hydrogen-bond acceptors (Lipinski definition) is 3. The van der Waals surface area contributed by atoms with Crippen LogP contribution in [0, 0.1) is 0 Å². The normalized spacial score (nSPS) is 10.2. The van der Waals surface area contributed by atoms with Gasteiger partial charge < -0.3 is 15.5 Å². The van der Waals surface area contributed by atoms with Gasteiger partial charge in [0.1, 0.15) is 5.75 Å². The molecule has 2 rings (SSSR count). The van der Waals surface area contributed by atoms with Crippen molar-refractivity contribution in [1.29, 1.82) is 0 Å². The number of aliphatic hydroxyl groups is 1. The van der Waals surface area contributed by atoms with E-state index in [2.05, 4.69) is 5.32 Å². The molecule has 0 bridgehead atoms. The van der Waals surface area contributed by atoms with Crippen molar-refractivity contribution in [3.63, 3.8) is 0 Å². The number of benzene rings is 2. The van der Waals surface area contributed by atoms with Crippen molar-refractivity contribution in [1.82, 2.24) is 5.32 Å². The molecule has 0 heterocycles. The molecule has 104 valence electrons. The highest BCUT2D eigenvalue weighted by Gasteiger charge is 2.04. The second-order valence-electron chi connectivity index (χ2n) is 4.60. The van der Waals surface area contributed by atoms with E-state index in [0.717, 1.165) is 16.7 Å². The maximum absolute atomic E-state index is 11.8. The molecule has 0 aliphatic heterocycles. The predicted molar refractivity (Wildman–Crippen MR) is 76.0 cm³/mol. The van der Waals surface area contributed by atoms with Gasteiger partial charge in [0.25, 0.3) is 0 Å². The summed E-state index contributed by atoms with van der Waals surface area (Å²) in [5.41, 5.74) is 2.60. The van der Waals surface area contributed by atoms with E-state index in [9.17, 15) is 9.90 Å². The molecule has 0 fully saturated rings. The second-order valence-corrected chi connectivity index (χ2v) is 4.60. The molecular formula is C16H17NO3. The lowest BCUT2D eigenvalue weighted by atomic mass is 10.1. The summed E-state index contributed by atoms with van der Waals surface area (Å²) >= 11 is 0. The van der Waals surface area contributed by atoms with Crippen molar-refractivity contribution in [2.24, 2.45) is 0 Å². The van der Waals surface area contributed by atoms with E-state index >= 15 is 0 Å².